The predicted octanol–water partition coefficient (Wildman–Crippen LogP) is 1.77. The second kappa shape index (κ2) is 10.2. The van der Waals surface area contributed by atoms with Crippen LogP contribution in [0, 0.1) is 17.0 Å². The number of carbonyl (C=O) groups is 2. The highest BCUT2D eigenvalue weighted by atomic mass is 32.1. The fourth-order valence-corrected chi connectivity index (χ4v) is 3.70. The van der Waals surface area contributed by atoms with E-state index in [9.17, 15) is 19.7 Å². The average molecular weight is 433 g/mol. The second-order valence-electron chi connectivity index (χ2n) is 6.83. The first-order valence-corrected chi connectivity index (χ1v) is 10.4. The summed E-state index contributed by atoms with van der Waals surface area (Å²) in [6.07, 6.45) is 0. The van der Waals surface area contributed by atoms with Gasteiger partial charge in [-0.15, -0.1) is 11.3 Å². The molecule has 1 aliphatic heterocycles. The molecule has 1 fully saturated rings. The lowest BCUT2D eigenvalue weighted by molar-refractivity contribution is -0.384. The van der Waals surface area contributed by atoms with Gasteiger partial charge in [-0.05, 0) is 19.1 Å². The molecule has 0 aliphatic carbocycles. The molecule has 1 saturated heterocycles. The molecule has 1 aromatic heterocycles. The summed E-state index contributed by atoms with van der Waals surface area (Å²) >= 11 is 1.32. The largest absolute Gasteiger partial charge is 0.379 e. The number of carbonyl (C=O) groups excluding carboxylic acids is 2. The third-order valence-corrected chi connectivity index (χ3v) is 5.48. The van der Waals surface area contributed by atoms with E-state index in [1.807, 2.05) is 12.3 Å². The highest BCUT2D eigenvalue weighted by Gasteiger charge is 2.22. The van der Waals surface area contributed by atoms with Crippen molar-refractivity contribution >= 4 is 34.0 Å². The van der Waals surface area contributed by atoms with Crippen LogP contribution in [0.5, 0.6) is 0 Å². The highest BCUT2D eigenvalue weighted by molar-refractivity contribution is 7.13. The van der Waals surface area contributed by atoms with Crippen LogP contribution in [0.2, 0.25) is 0 Å². The quantitative estimate of drug-likeness (QED) is 0.498. The lowest BCUT2D eigenvalue weighted by Gasteiger charge is -2.30. The zero-order chi connectivity index (χ0) is 21.5. The summed E-state index contributed by atoms with van der Waals surface area (Å²) in [4.78, 5) is 43.7. The Kier molecular flexibility index (Phi) is 7.44. The average Bonchev–Trinajstić information content (AvgIpc) is 3.15. The Labute approximate surface area is 177 Å². The molecule has 0 atom stereocenters. The maximum atomic E-state index is 13.0. The number of benzene rings is 1. The molecule has 2 heterocycles. The fraction of sp³-hybridized carbons (Fsp3) is 0.421. The Morgan fingerprint density at radius 2 is 2.00 bits per heavy atom. The van der Waals surface area contributed by atoms with E-state index < -0.39 is 4.92 Å². The molecular weight excluding hydrogens is 410 g/mol. The molecule has 1 aliphatic rings. The van der Waals surface area contributed by atoms with Gasteiger partial charge in [-0.2, -0.15) is 0 Å². The van der Waals surface area contributed by atoms with Gasteiger partial charge in [0, 0.05) is 49.3 Å². The molecule has 1 aromatic carbocycles. The highest BCUT2D eigenvalue weighted by Crippen LogP contribution is 2.16. The number of morpholine rings is 1. The van der Waals surface area contributed by atoms with Gasteiger partial charge in [-0.1, -0.05) is 0 Å². The summed E-state index contributed by atoms with van der Waals surface area (Å²) in [5, 5.41) is 15.9. The number of non-ortho nitro benzene ring substituents is 1. The lowest BCUT2D eigenvalue weighted by Crippen LogP contribution is -2.45. The minimum Gasteiger partial charge on any atom is -0.379 e. The first kappa shape index (κ1) is 21.8. The number of ether oxygens (including phenoxy) is 1. The maximum absolute atomic E-state index is 13.0. The molecule has 2 aromatic rings. The number of nitrogens with zero attached hydrogens (tertiary/aromatic N) is 4. The predicted molar refractivity (Wildman–Crippen MR) is 112 cm³/mol. The number of aromatic nitrogens is 1. The minimum absolute atomic E-state index is 0.0942. The first-order chi connectivity index (χ1) is 14.4. The number of thiazole rings is 1. The van der Waals surface area contributed by atoms with Gasteiger partial charge in [0.1, 0.15) is 6.54 Å². The molecule has 2 amide bonds. The number of nitro groups is 1. The molecule has 0 bridgehead atoms. The van der Waals surface area contributed by atoms with Crippen molar-refractivity contribution in [1.82, 2.24) is 14.8 Å². The van der Waals surface area contributed by atoms with Gasteiger partial charge in [0.25, 0.3) is 11.6 Å². The number of hydrogen-bond donors (Lipinski definition) is 1. The van der Waals surface area contributed by atoms with Gasteiger partial charge in [-0.25, -0.2) is 4.98 Å². The van der Waals surface area contributed by atoms with Crippen LogP contribution in [0.4, 0.5) is 10.8 Å². The Hall–Kier alpha value is -2.89. The zero-order valence-electron chi connectivity index (χ0n) is 16.6. The fourth-order valence-electron chi connectivity index (χ4n) is 2.99. The van der Waals surface area contributed by atoms with Crippen LogP contribution < -0.4 is 5.32 Å². The van der Waals surface area contributed by atoms with Gasteiger partial charge >= 0.3 is 0 Å². The van der Waals surface area contributed by atoms with E-state index in [0.717, 1.165) is 18.8 Å². The summed E-state index contributed by atoms with van der Waals surface area (Å²) in [6.45, 7) is 5.46. The number of amides is 2. The van der Waals surface area contributed by atoms with Crippen molar-refractivity contribution in [3.8, 4) is 0 Å². The molecule has 11 heteroatoms. The topological polar surface area (TPSA) is 118 Å². The number of aryl methyl sites for hydroxylation is 1. The van der Waals surface area contributed by atoms with Crippen LogP contribution in [0.3, 0.4) is 0 Å². The number of hydrogen-bond acceptors (Lipinski definition) is 8. The van der Waals surface area contributed by atoms with Crippen molar-refractivity contribution in [3.63, 3.8) is 0 Å². The Morgan fingerprint density at radius 1 is 1.30 bits per heavy atom. The van der Waals surface area contributed by atoms with Gasteiger partial charge in [0.05, 0.1) is 23.8 Å². The first-order valence-electron chi connectivity index (χ1n) is 9.48. The third kappa shape index (κ3) is 6.05. The van der Waals surface area contributed by atoms with Gasteiger partial charge < -0.3 is 15.0 Å². The standard InChI is InChI=1S/C19H23N5O5S/c1-14-13-30-19(20-14)21-17(25)12-23(7-6-22-8-10-29-11-9-22)18(26)15-2-4-16(5-3-15)24(27)28/h2-5,13H,6-12H2,1H3,(H,20,21,25). The van der Waals surface area contributed by atoms with E-state index in [1.54, 1.807) is 0 Å². The van der Waals surface area contributed by atoms with Crippen LogP contribution in [0.15, 0.2) is 29.6 Å². The zero-order valence-corrected chi connectivity index (χ0v) is 17.4. The van der Waals surface area contributed by atoms with Crippen molar-refractivity contribution in [2.24, 2.45) is 0 Å². The summed E-state index contributed by atoms with van der Waals surface area (Å²) in [7, 11) is 0. The molecule has 3 rings (SSSR count). The molecule has 0 radical (unpaired) electrons. The van der Waals surface area contributed by atoms with E-state index in [-0.39, 0.29) is 24.0 Å². The van der Waals surface area contributed by atoms with Crippen LogP contribution in [0.25, 0.3) is 0 Å². The summed E-state index contributed by atoms with van der Waals surface area (Å²) < 4.78 is 5.34. The summed E-state index contributed by atoms with van der Waals surface area (Å²) in [6, 6.07) is 5.38. The molecule has 30 heavy (non-hydrogen) atoms. The van der Waals surface area contributed by atoms with Gasteiger partial charge in [-0.3, -0.25) is 24.6 Å². The molecular formula is C19H23N5O5S. The van der Waals surface area contributed by atoms with E-state index >= 15 is 0 Å². The van der Waals surface area contributed by atoms with Gasteiger partial charge in [0.15, 0.2) is 5.13 Å². The maximum Gasteiger partial charge on any atom is 0.269 e. The Balaban J connectivity index is 1.68. The Bertz CT molecular complexity index is 895. The molecule has 1 N–H and O–H groups in total. The molecule has 10 nitrogen and oxygen atoms in total. The smallest absolute Gasteiger partial charge is 0.269 e. The molecule has 0 saturated carbocycles. The second-order valence-corrected chi connectivity index (χ2v) is 7.69. The number of anilines is 1. The van der Waals surface area contributed by atoms with Crippen molar-refractivity contribution in [2.75, 3.05) is 51.3 Å². The van der Waals surface area contributed by atoms with E-state index in [0.29, 0.717) is 37.0 Å². The van der Waals surface area contributed by atoms with E-state index in [4.69, 9.17) is 4.74 Å². The third-order valence-electron chi connectivity index (χ3n) is 4.60. The molecule has 0 spiro atoms. The van der Waals surface area contributed by atoms with Crippen molar-refractivity contribution in [3.05, 3.63) is 51.0 Å². The lowest BCUT2D eigenvalue weighted by atomic mass is 10.1. The minimum atomic E-state index is -0.520. The van der Waals surface area contributed by atoms with Crippen LogP contribution >= 0.6 is 11.3 Å². The van der Waals surface area contributed by atoms with Crippen molar-refractivity contribution in [2.45, 2.75) is 6.92 Å². The van der Waals surface area contributed by atoms with E-state index in [2.05, 4.69) is 15.2 Å². The SMILES string of the molecule is Cc1csc(NC(=O)CN(CCN2CCOCC2)C(=O)c2ccc([N+](=O)[O-])cc2)n1. The van der Waals surface area contributed by atoms with Crippen LogP contribution in [-0.4, -0.2) is 77.5 Å². The van der Waals surface area contributed by atoms with Crippen molar-refractivity contribution < 1.29 is 19.2 Å². The van der Waals surface area contributed by atoms with E-state index in [1.165, 1.54) is 40.5 Å². The summed E-state index contributed by atoms with van der Waals surface area (Å²) in [5.41, 5.74) is 1.00. The summed E-state index contributed by atoms with van der Waals surface area (Å²) in [5.74, 6) is -0.704. The van der Waals surface area contributed by atoms with Crippen LogP contribution in [-0.2, 0) is 9.53 Å². The van der Waals surface area contributed by atoms with Crippen LogP contribution in [0.1, 0.15) is 16.1 Å². The Morgan fingerprint density at radius 3 is 2.60 bits per heavy atom. The van der Waals surface area contributed by atoms with Gasteiger partial charge in [0.2, 0.25) is 5.91 Å². The normalized spacial score (nSPS) is 14.3. The molecule has 160 valence electrons. The molecule has 0 unspecified atom stereocenters. The number of rotatable bonds is 8. The number of nitro benzene ring substituents is 1. The monoisotopic (exact) mass is 433 g/mol. The number of nitrogens with one attached hydrogen (secondary N) is 1. The van der Waals surface area contributed by atoms with Crippen molar-refractivity contribution in [1.29, 1.82) is 0 Å².